The minimum absolute atomic E-state index is 0.000967. The number of aromatic hydroxyl groups is 1. The van der Waals surface area contributed by atoms with E-state index in [1.165, 1.54) is 0 Å². The third-order valence-corrected chi connectivity index (χ3v) is 5.46. The summed E-state index contributed by atoms with van der Waals surface area (Å²) in [5.41, 5.74) is 1.89. The summed E-state index contributed by atoms with van der Waals surface area (Å²) in [7, 11) is 0. The molecule has 1 aromatic carbocycles. The molecule has 118 valence electrons. The van der Waals surface area contributed by atoms with Gasteiger partial charge in [0.25, 0.3) is 0 Å². The maximum Gasteiger partial charge on any atom is 0.200 e. The van der Waals surface area contributed by atoms with Crippen molar-refractivity contribution in [3.63, 3.8) is 0 Å². The molecule has 0 fully saturated rings. The first-order valence-electron chi connectivity index (χ1n) is 7.87. The summed E-state index contributed by atoms with van der Waals surface area (Å²) < 4.78 is 11.8. The third kappa shape index (κ3) is 2.64. The molecular weight excluding hydrogens is 264 g/mol. The maximum absolute atomic E-state index is 10.3. The molecule has 0 aliphatic carbocycles. The zero-order valence-corrected chi connectivity index (χ0v) is 14.1. The van der Waals surface area contributed by atoms with Gasteiger partial charge < -0.3 is 14.6 Å². The highest BCUT2D eigenvalue weighted by Gasteiger charge is 2.44. The molecule has 3 heteroatoms. The molecule has 1 aliphatic rings. The van der Waals surface area contributed by atoms with Crippen molar-refractivity contribution in [3.8, 4) is 11.5 Å². The van der Waals surface area contributed by atoms with Crippen LogP contribution in [0.4, 0.5) is 0 Å². The number of hydrogen-bond donors (Lipinski definition) is 1. The van der Waals surface area contributed by atoms with Crippen LogP contribution in [0.2, 0.25) is 0 Å². The standard InChI is InChI=1S/C18H28O3/c1-7-18(6)13-9-14(19)12(3)15(10-13)21-16(20-8-2)11-17(18,4)5/h9-10,16,19H,7-8,11H2,1-6H3. The number of fused-ring (bicyclic) bond motifs is 2. The minimum atomic E-state index is -0.274. The minimum Gasteiger partial charge on any atom is -0.508 e. The fourth-order valence-electron chi connectivity index (χ4n) is 3.29. The lowest BCUT2D eigenvalue weighted by Crippen LogP contribution is -2.44. The van der Waals surface area contributed by atoms with Crippen LogP contribution in [0.1, 0.15) is 58.6 Å². The SMILES string of the molecule is CCOC1CC(C)(C)C(C)(CC)c2cc(O)c(C)c(c2)O1. The highest BCUT2D eigenvalue weighted by Crippen LogP contribution is 2.51. The van der Waals surface area contributed by atoms with Crippen LogP contribution in [0.3, 0.4) is 0 Å². The van der Waals surface area contributed by atoms with E-state index in [2.05, 4.69) is 33.8 Å². The Morgan fingerprint density at radius 2 is 1.95 bits per heavy atom. The molecule has 0 saturated heterocycles. The Morgan fingerprint density at radius 3 is 2.52 bits per heavy atom. The molecule has 3 nitrogen and oxygen atoms in total. The fraction of sp³-hybridized carbons (Fsp3) is 0.667. The van der Waals surface area contributed by atoms with Crippen molar-refractivity contribution in [2.75, 3.05) is 6.61 Å². The van der Waals surface area contributed by atoms with Crippen LogP contribution in [0.25, 0.3) is 0 Å². The van der Waals surface area contributed by atoms with E-state index < -0.39 is 0 Å². The fourth-order valence-corrected chi connectivity index (χ4v) is 3.29. The van der Waals surface area contributed by atoms with Crippen LogP contribution in [0.5, 0.6) is 11.5 Å². The van der Waals surface area contributed by atoms with Crippen LogP contribution < -0.4 is 4.74 Å². The first-order chi connectivity index (χ1) is 9.75. The first-order valence-corrected chi connectivity index (χ1v) is 7.87. The quantitative estimate of drug-likeness (QED) is 0.889. The normalized spacial score (nSPS) is 27.6. The summed E-state index contributed by atoms with van der Waals surface area (Å²) in [5, 5.41) is 10.3. The smallest absolute Gasteiger partial charge is 0.200 e. The molecule has 2 bridgehead atoms. The van der Waals surface area contributed by atoms with Crippen LogP contribution in [0, 0.1) is 12.3 Å². The predicted molar refractivity (Wildman–Crippen MR) is 84.9 cm³/mol. The molecule has 1 aliphatic heterocycles. The van der Waals surface area contributed by atoms with Gasteiger partial charge in [-0.1, -0.05) is 27.7 Å². The van der Waals surface area contributed by atoms with Gasteiger partial charge in [0.2, 0.25) is 0 Å². The second-order valence-corrected chi connectivity index (χ2v) is 6.89. The summed E-state index contributed by atoms with van der Waals surface area (Å²) >= 11 is 0. The number of ether oxygens (including phenoxy) is 2. The van der Waals surface area contributed by atoms with E-state index in [-0.39, 0.29) is 17.1 Å². The summed E-state index contributed by atoms with van der Waals surface area (Å²) in [5.74, 6) is 1.04. The van der Waals surface area contributed by atoms with Crippen LogP contribution in [0.15, 0.2) is 12.1 Å². The molecule has 1 N–H and O–H groups in total. The van der Waals surface area contributed by atoms with Gasteiger partial charge in [0.05, 0.1) is 0 Å². The van der Waals surface area contributed by atoms with Crippen LogP contribution in [-0.4, -0.2) is 18.0 Å². The lowest BCUT2D eigenvalue weighted by Gasteiger charge is -2.47. The van der Waals surface area contributed by atoms with Crippen molar-refractivity contribution in [1.82, 2.24) is 0 Å². The molecule has 0 radical (unpaired) electrons. The van der Waals surface area contributed by atoms with Crippen LogP contribution >= 0.6 is 0 Å². The molecule has 2 atom stereocenters. The molecule has 0 aromatic heterocycles. The number of phenolic OH excluding ortho intramolecular Hbond substituents is 1. The monoisotopic (exact) mass is 292 g/mol. The van der Waals surface area contributed by atoms with E-state index in [0.29, 0.717) is 12.4 Å². The Balaban J connectivity index is 2.62. The topological polar surface area (TPSA) is 38.7 Å². The molecule has 0 amide bonds. The zero-order chi connectivity index (χ0) is 15.8. The molecule has 0 spiro atoms. The Morgan fingerprint density at radius 1 is 1.29 bits per heavy atom. The van der Waals surface area contributed by atoms with E-state index in [4.69, 9.17) is 9.47 Å². The van der Waals surface area contributed by atoms with Crippen molar-refractivity contribution in [2.24, 2.45) is 5.41 Å². The Labute approximate surface area is 128 Å². The van der Waals surface area contributed by atoms with E-state index in [9.17, 15) is 5.11 Å². The predicted octanol–water partition coefficient (Wildman–Crippen LogP) is 4.54. The van der Waals surface area contributed by atoms with Crippen molar-refractivity contribution < 1.29 is 14.6 Å². The number of hydrogen-bond acceptors (Lipinski definition) is 3. The van der Waals surface area contributed by atoms with Crippen molar-refractivity contribution in [1.29, 1.82) is 0 Å². The first kappa shape index (κ1) is 16.2. The van der Waals surface area contributed by atoms with Gasteiger partial charge in [-0.05, 0) is 48.8 Å². The summed E-state index contributed by atoms with van der Waals surface area (Å²) in [6, 6.07) is 3.97. The molecule has 0 saturated carbocycles. The second-order valence-electron chi connectivity index (χ2n) is 6.89. The molecule has 2 unspecified atom stereocenters. The highest BCUT2D eigenvalue weighted by molar-refractivity contribution is 5.49. The van der Waals surface area contributed by atoms with Crippen molar-refractivity contribution >= 4 is 0 Å². The van der Waals surface area contributed by atoms with E-state index in [1.807, 2.05) is 19.9 Å². The van der Waals surface area contributed by atoms with Gasteiger partial charge in [-0.2, -0.15) is 0 Å². The number of benzene rings is 1. The maximum atomic E-state index is 10.3. The summed E-state index contributed by atoms with van der Waals surface area (Å²) in [6.45, 7) is 13.5. The Hall–Kier alpha value is -1.22. The number of rotatable bonds is 3. The average molecular weight is 292 g/mol. The highest BCUT2D eigenvalue weighted by atomic mass is 16.7. The van der Waals surface area contributed by atoms with Crippen molar-refractivity contribution in [2.45, 2.75) is 66.1 Å². The van der Waals surface area contributed by atoms with Gasteiger partial charge >= 0.3 is 0 Å². The van der Waals surface area contributed by atoms with Gasteiger partial charge in [-0.25, -0.2) is 0 Å². The summed E-state index contributed by atoms with van der Waals surface area (Å²) in [6.07, 6.45) is 1.55. The Kier molecular flexibility index (Phi) is 4.25. The lowest BCUT2D eigenvalue weighted by atomic mass is 9.59. The summed E-state index contributed by atoms with van der Waals surface area (Å²) in [4.78, 5) is 0. The zero-order valence-electron chi connectivity index (χ0n) is 14.1. The molecule has 1 heterocycles. The third-order valence-electron chi connectivity index (χ3n) is 5.46. The molecule has 1 aromatic rings. The van der Waals surface area contributed by atoms with E-state index in [1.54, 1.807) is 0 Å². The molecule has 2 rings (SSSR count). The lowest BCUT2D eigenvalue weighted by molar-refractivity contribution is -0.110. The average Bonchev–Trinajstić information content (AvgIpc) is 2.41. The Bertz CT molecular complexity index is 521. The molecule has 21 heavy (non-hydrogen) atoms. The van der Waals surface area contributed by atoms with Gasteiger partial charge in [-0.3, -0.25) is 0 Å². The van der Waals surface area contributed by atoms with Gasteiger partial charge in [-0.15, -0.1) is 0 Å². The van der Waals surface area contributed by atoms with Crippen LogP contribution in [-0.2, 0) is 10.2 Å². The largest absolute Gasteiger partial charge is 0.508 e. The number of phenols is 1. The molecular formula is C18H28O3. The van der Waals surface area contributed by atoms with E-state index in [0.717, 1.165) is 29.7 Å². The van der Waals surface area contributed by atoms with E-state index >= 15 is 0 Å². The van der Waals surface area contributed by atoms with Gasteiger partial charge in [0.15, 0.2) is 6.29 Å². The van der Waals surface area contributed by atoms with Gasteiger partial charge in [0.1, 0.15) is 11.5 Å². The van der Waals surface area contributed by atoms with Gasteiger partial charge in [0, 0.05) is 18.6 Å². The second kappa shape index (κ2) is 5.53. The van der Waals surface area contributed by atoms with Crippen molar-refractivity contribution in [3.05, 3.63) is 23.3 Å².